The van der Waals surface area contributed by atoms with Crippen molar-refractivity contribution in [2.24, 2.45) is 11.8 Å². The standard InChI is InChI=1S/C11H17N3O2.C4H4O4/c15-10-8-3-7(4-12-5-8)6-14(10)11(16)13-9-1-2-9;5-3(6)1-2-4(7)8/h7-9,12H,1-6H2,(H,13,16);1-2H,(H,5,6)(H,7,8)/b;2-1+. The lowest BCUT2D eigenvalue weighted by atomic mass is 9.85. The fraction of sp³-hybridized carbons (Fsp3) is 0.600. The Balaban J connectivity index is 0.000000224. The molecule has 132 valence electrons. The van der Waals surface area contributed by atoms with Gasteiger partial charge in [0.15, 0.2) is 0 Å². The Morgan fingerprint density at radius 1 is 1.12 bits per heavy atom. The number of aliphatic carboxylic acids is 2. The molecule has 3 fully saturated rings. The van der Waals surface area contributed by atoms with Gasteiger partial charge in [0.2, 0.25) is 5.91 Å². The lowest BCUT2D eigenvalue weighted by molar-refractivity contribution is -0.137. The van der Waals surface area contributed by atoms with Crippen LogP contribution in [0.15, 0.2) is 12.2 Å². The molecular weight excluding hydrogens is 318 g/mol. The molecular formula is C15H21N3O6. The van der Waals surface area contributed by atoms with E-state index in [1.165, 1.54) is 4.90 Å². The summed E-state index contributed by atoms with van der Waals surface area (Å²) in [5.74, 6) is -2.06. The summed E-state index contributed by atoms with van der Waals surface area (Å²) in [4.78, 5) is 44.4. The number of imide groups is 1. The van der Waals surface area contributed by atoms with E-state index in [4.69, 9.17) is 10.2 Å². The van der Waals surface area contributed by atoms with E-state index in [1.807, 2.05) is 0 Å². The number of fused-ring (bicyclic) bond motifs is 2. The number of rotatable bonds is 3. The lowest BCUT2D eigenvalue weighted by Crippen LogP contribution is -2.58. The monoisotopic (exact) mass is 339 g/mol. The van der Waals surface area contributed by atoms with E-state index < -0.39 is 11.9 Å². The maximum Gasteiger partial charge on any atom is 0.328 e. The second kappa shape index (κ2) is 7.91. The molecule has 0 radical (unpaired) electrons. The molecule has 9 heteroatoms. The van der Waals surface area contributed by atoms with Crippen molar-refractivity contribution in [3.05, 3.63) is 12.2 Å². The molecule has 0 aromatic rings. The van der Waals surface area contributed by atoms with Crippen LogP contribution in [0.4, 0.5) is 4.79 Å². The Bertz CT molecular complexity index is 541. The van der Waals surface area contributed by atoms with Gasteiger partial charge in [-0.1, -0.05) is 0 Å². The van der Waals surface area contributed by atoms with E-state index in [1.54, 1.807) is 0 Å². The first-order chi connectivity index (χ1) is 11.4. The first-order valence-corrected chi connectivity index (χ1v) is 7.83. The van der Waals surface area contributed by atoms with Gasteiger partial charge >= 0.3 is 18.0 Å². The van der Waals surface area contributed by atoms with Crippen LogP contribution in [0.1, 0.15) is 19.3 Å². The van der Waals surface area contributed by atoms with Crippen LogP contribution in [-0.2, 0) is 14.4 Å². The van der Waals surface area contributed by atoms with Gasteiger partial charge in [-0.15, -0.1) is 0 Å². The number of carboxylic acids is 2. The molecule has 1 aliphatic carbocycles. The van der Waals surface area contributed by atoms with Crippen LogP contribution >= 0.6 is 0 Å². The molecule has 3 rings (SSSR count). The molecule has 9 nitrogen and oxygen atoms in total. The van der Waals surface area contributed by atoms with Crippen LogP contribution in [0.5, 0.6) is 0 Å². The van der Waals surface area contributed by atoms with E-state index in [9.17, 15) is 19.2 Å². The molecule has 2 aliphatic heterocycles. The smallest absolute Gasteiger partial charge is 0.328 e. The number of carbonyl (C=O) groups excluding carboxylic acids is 2. The number of likely N-dealkylation sites (tertiary alicyclic amines) is 1. The highest BCUT2D eigenvalue weighted by Crippen LogP contribution is 2.26. The summed E-state index contributed by atoms with van der Waals surface area (Å²) in [6.07, 6.45) is 4.17. The predicted octanol–water partition coefficient (Wildman–Crippen LogP) is -0.362. The van der Waals surface area contributed by atoms with Gasteiger partial charge in [-0.25, -0.2) is 14.4 Å². The van der Waals surface area contributed by atoms with E-state index in [-0.39, 0.29) is 17.9 Å². The largest absolute Gasteiger partial charge is 0.478 e. The molecule has 0 spiro atoms. The van der Waals surface area contributed by atoms with Crippen LogP contribution in [0.3, 0.4) is 0 Å². The molecule has 2 unspecified atom stereocenters. The summed E-state index contributed by atoms with van der Waals surface area (Å²) in [5.41, 5.74) is 0. The average molecular weight is 339 g/mol. The number of hydrogen-bond donors (Lipinski definition) is 4. The zero-order chi connectivity index (χ0) is 17.7. The average Bonchev–Trinajstić information content (AvgIpc) is 3.34. The number of amides is 3. The molecule has 2 heterocycles. The topological polar surface area (TPSA) is 136 Å². The van der Waals surface area contributed by atoms with Gasteiger partial charge in [-0.05, 0) is 31.7 Å². The minimum atomic E-state index is -1.26. The third-order valence-corrected chi connectivity index (χ3v) is 4.02. The maximum atomic E-state index is 12.0. The highest BCUT2D eigenvalue weighted by atomic mass is 16.4. The fourth-order valence-corrected chi connectivity index (χ4v) is 2.73. The summed E-state index contributed by atoms with van der Waals surface area (Å²) >= 11 is 0. The highest BCUT2D eigenvalue weighted by Gasteiger charge is 2.40. The van der Waals surface area contributed by atoms with Gasteiger partial charge in [0.1, 0.15) is 0 Å². The highest BCUT2D eigenvalue weighted by molar-refractivity contribution is 5.96. The summed E-state index contributed by atoms with van der Waals surface area (Å²) in [6.45, 7) is 2.24. The van der Waals surface area contributed by atoms with E-state index >= 15 is 0 Å². The third kappa shape index (κ3) is 5.34. The number of piperidine rings is 2. The Labute approximate surface area is 138 Å². The molecule has 2 atom stereocenters. The normalized spacial score (nSPS) is 25.7. The molecule has 4 N–H and O–H groups in total. The van der Waals surface area contributed by atoms with E-state index in [0.717, 1.165) is 32.4 Å². The second-order valence-electron chi connectivity index (χ2n) is 6.14. The first-order valence-electron chi connectivity index (χ1n) is 7.83. The van der Waals surface area contributed by atoms with Gasteiger partial charge in [0.25, 0.3) is 0 Å². The molecule has 2 saturated heterocycles. The zero-order valence-electron chi connectivity index (χ0n) is 13.1. The number of carboxylic acid groups (broad SMARTS) is 2. The molecule has 1 saturated carbocycles. The Morgan fingerprint density at radius 3 is 2.29 bits per heavy atom. The minimum Gasteiger partial charge on any atom is -0.478 e. The molecule has 2 bridgehead atoms. The Morgan fingerprint density at radius 2 is 1.75 bits per heavy atom. The summed E-state index contributed by atoms with van der Waals surface area (Å²) < 4.78 is 0. The van der Waals surface area contributed by atoms with Crippen LogP contribution < -0.4 is 10.6 Å². The summed E-state index contributed by atoms with van der Waals surface area (Å²) in [6, 6.07) is 0.143. The number of urea groups is 1. The van der Waals surface area contributed by atoms with E-state index in [0.29, 0.717) is 30.7 Å². The van der Waals surface area contributed by atoms with Crippen molar-refractivity contribution in [2.45, 2.75) is 25.3 Å². The molecule has 3 amide bonds. The Hall–Kier alpha value is -2.42. The van der Waals surface area contributed by atoms with Crippen LogP contribution in [-0.4, -0.2) is 64.7 Å². The minimum absolute atomic E-state index is 0.00148. The van der Waals surface area contributed by atoms with Gasteiger partial charge in [-0.3, -0.25) is 9.69 Å². The van der Waals surface area contributed by atoms with Crippen molar-refractivity contribution >= 4 is 23.9 Å². The van der Waals surface area contributed by atoms with Crippen molar-refractivity contribution in [2.75, 3.05) is 19.6 Å². The van der Waals surface area contributed by atoms with Crippen molar-refractivity contribution in [1.29, 1.82) is 0 Å². The fourth-order valence-electron chi connectivity index (χ4n) is 2.73. The second-order valence-corrected chi connectivity index (χ2v) is 6.14. The number of nitrogens with one attached hydrogen (secondary N) is 2. The van der Waals surface area contributed by atoms with E-state index in [2.05, 4.69) is 10.6 Å². The summed E-state index contributed by atoms with van der Waals surface area (Å²) in [7, 11) is 0. The summed E-state index contributed by atoms with van der Waals surface area (Å²) in [5, 5.41) is 21.8. The van der Waals surface area contributed by atoms with Crippen molar-refractivity contribution in [1.82, 2.24) is 15.5 Å². The lowest BCUT2D eigenvalue weighted by Gasteiger charge is -2.39. The molecule has 0 aromatic heterocycles. The third-order valence-electron chi connectivity index (χ3n) is 4.02. The van der Waals surface area contributed by atoms with Crippen molar-refractivity contribution < 1.29 is 29.4 Å². The molecule has 0 aromatic carbocycles. The first kappa shape index (κ1) is 17.9. The maximum absolute atomic E-state index is 12.0. The van der Waals surface area contributed by atoms with Crippen molar-refractivity contribution in [3.8, 4) is 0 Å². The van der Waals surface area contributed by atoms with Gasteiger partial charge in [0, 0.05) is 31.3 Å². The number of nitrogens with zero attached hydrogens (tertiary/aromatic N) is 1. The number of hydrogen-bond acceptors (Lipinski definition) is 5. The van der Waals surface area contributed by atoms with Gasteiger partial charge < -0.3 is 20.8 Å². The van der Waals surface area contributed by atoms with Crippen LogP contribution in [0, 0.1) is 11.8 Å². The van der Waals surface area contributed by atoms with Crippen molar-refractivity contribution in [3.63, 3.8) is 0 Å². The molecule has 24 heavy (non-hydrogen) atoms. The zero-order valence-corrected chi connectivity index (χ0v) is 13.1. The quantitative estimate of drug-likeness (QED) is 0.515. The van der Waals surface area contributed by atoms with Gasteiger partial charge in [-0.2, -0.15) is 0 Å². The van der Waals surface area contributed by atoms with Crippen LogP contribution in [0.2, 0.25) is 0 Å². The van der Waals surface area contributed by atoms with Gasteiger partial charge in [0.05, 0.1) is 5.92 Å². The van der Waals surface area contributed by atoms with Crippen LogP contribution in [0.25, 0.3) is 0 Å². The Kier molecular flexibility index (Phi) is 5.91. The predicted molar refractivity (Wildman–Crippen MR) is 82.1 cm³/mol. The number of carbonyl (C=O) groups is 4. The molecule has 3 aliphatic rings. The SMILES string of the molecule is O=C(NC1CC1)N1CC2CNCC(C2)C1=O.O=C(O)/C=C/C(=O)O.